The van der Waals surface area contributed by atoms with Crippen molar-refractivity contribution in [3.8, 4) is 11.3 Å². The van der Waals surface area contributed by atoms with Crippen LogP contribution in [-0.2, 0) is 16.1 Å². The molecule has 0 N–H and O–H groups in total. The first-order chi connectivity index (χ1) is 14.6. The van der Waals surface area contributed by atoms with Crippen LogP contribution in [0.3, 0.4) is 0 Å². The van der Waals surface area contributed by atoms with Gasteiger partial charge in [0.05, 0.1) is 18.5 Å². The fraction of sp³-hybridized carbons (Fsp3) is 0.480. The minimum atomic E-state index is -0.363. The molecule has 0 atom stereocenters. The van der Waals surface area contributed by atoms with Gasteiger partial charge in [0.1, 0.15) is 0 Å². The molecule has 164 valence electrons. The number of ether oxygens (including phenoxy) is 1. The van der Waals surface area contributed by atoms with Crippen molar-refractivity contribution in [2.75, 3.05) is 13.4 Å². The molecule has 6 heteroatoms. The first-order valence-electron chi connectivity index (χ1n) is 10.9. The molecule has 31 heavy (non-hydrogen) atoms. The summed E-state index contributed by atoms with van der Waals surface area (Å²) < 4.78 is 6.79. The zero-order valence-electron chi connectivity index (χ0n) is 19.6. The summed E-state index contributed by atoms with van der Waals surface area (Å²) in [5.74, 6) is 0.322. The zero-order chi connectivity index (χ0) is 21.8. The summed E-state index contributed by atoms with van der Waals surface area (Å²) in [6, 6.07) is 10.6. The molecule has 1 aromatic heterocycles. The normalized spacial score (nSPS) is 13.9. The summed E-state index contributed by atoms with van der Waals surface area (Å²) in [5, 5.41) is 4.75. The molecular formula is C25H35LiN2O2S. The van der Waals surface area contributed by atoms with E-state index < -0.39 is 0 Å². The number of carbonyl (C=O) groups is 1. The van der Waals surface area contributed by atoms with E-state index >= 15 is 0 Å². The van der Waals surface area contributed by atoms with Crippen LogP contribution >= 0.6 is 11.8 Å². The van der Waals surface area contributed by atoms with Crippen LogP contribution in [0, 0.1) is 12.8 Å². The van der Waals surface area contributed by atoms with Gasteiger partial charge in [-0.1, -0.05) is 44.7 Å². The van der Waals surface area contributed by atoms with E-state index in [4.69, 9.17) is 5.10 Å². The minimum Gasteiger partial charge on any atom is -0.466 e. The summed E-state index contributed by atoms with van der Waals surface area (Å²) >= 11 is 1.74. The Hall–Kier alpha value is -1.41. The number of aromatic nitrogens is 2. The van der Waals surface area contributed by atoms with E-state index in [0.29, 0.717) is 5.92 Å². The number of benzene rings is 1. The van der Waals surface area contributed by atoms with Gasteiger partial charge in [0.25, 0.3) is 0 Å². The molecule has 2 aromatic rings. The minimum absolute atomic E-state index is 0. The molecule has 0 unspecified atom stereocenters. The predicted molar refractivity (Wildman–Crippen MR) is 127 cm³/mol. The molecule has 1 saturated carbocycles. The summed E-state index contributed by atoms with van der Waals surface area (Å²) in [4.78, 5) is 12.6. The number of esters is 1. The van der Waals surface area contributed by atoms with Gasteiger partial charge >= 0.3 is 24.8 Å². The van der Waals surface area contributed by atoms with Crippen LogP contribution in [0.1, 0.15) is 57.6 Å². The van der Waals surface area contributed by atoms with Crippen LogP contribution in [0.2, 0.25) is 0 Å². The Kier molecular flexibility index (Phi) is 13.7. The average molecular weight is 435 g/mol. The molecule has 0 aliphatic heterocycles. The Morgan fingerprint density at radius 1 is 1.26 bits per heavy atom. The predicted octanol–water partition coefficient (Wildman–Crippen LogP) is 3.66. The third kappa shape index (κ3) is 9.31. The van der Waals surface area contributed by atoms with E-state index in [1.165, 1.54) is 56.6 Å². The van der Waals surface area contributed by atoms with Crippen LogP contribution in [0.5, 0.6) is 0 Å². The van der Waals surface area contributed by atoms with Crippen LogP contribution in [0.25, 0.3) is 17.3 Å². The largest absolute Gasteiger partial charge is 1.00 e. The van der Waals surface area contributed by atoms with Crippen molar-refractivity contribution in [3.05, 3.63) is 49.0 Å². The molecule has 0 spiro atoms. The second-order valence-corrected chi connectivity index (χ2v) is 8.46. The van der Waals surface area contributed by atoms with Crippen molar-refractivity contribution in [1.29, 1.82) is 0 Å². The number of carbonyl (C=O) groups excluding carboxylic acids is 1. The van der Waals surface area contributed by atoms with Gasteiger partial charge in [-0.25, -0.2) is 4.79 Å². The number of nitrogens with zero attached hydrogens (tertiary/aromatic N) is 2. The fourth-order valence-corrected chi connectivity index (χ4v) is 3.90. The molecular weight excluding hydrogens is 399 g/mol. The maximum atomic E-state index is 11.4. The molecule has 3 rings (SSSR count). The number of methoxy groups -OCH3 is 1. The molecule has 0 radical (unpaired) electrons. The quantitative estimate of drug-likeness (QED) is 0.219. The second kappa shape index (κ2) is 15.4. The van der Waals surface area contributed by atoms with Crippen LogP contribution in [-0.4, -0.2) is 29.1 Å². The smallest absolute Gasteiger partial charge is 0.466 e. The van der Waals surface area contributed by atoms with Crippen molar-refractivity contribution in [2.45, 2.75) is 63.3 Å². The number of hydrogen-bond donors (Lipinski definition) is 0. The summed E-state index contributed by atoms with van der Waals surface area (Å²) in [6.45, 7) is 6.66. The maximum Gasteiger partial charge on any atom is 1.00 e. The molecule has 1 aliphatic carbocycles. The van der Waals surface area contributed by atoms with E-state index in [0.717, 1.165) is 29.9 Å². The van der Waals surface area contributed by atoms with Gasteiger partial charge < -0.3 is 11.7 Å². The molecule has 0 bridgehead atoms. The van der Waals surface area contributed by atoms with Gasteiger partial charge in [-0.05, 0) is 54.9 Å². The third-order valence-corrected chi connectivity index (χ3v) is 6.03. The van der Waals surface area contributed by atoms with Crippen molar-refractivity contribution in [1.82, 2.24) is 9.78 Å². The Morgan fingerprint density at radius 3 is 2.45 bits per heavy atom. The average Bonchev–Trinajstić information content (AvgIpc) is 3.20. The van der Waals surface area contributed by atoms with Crippen LogP contribution < -0.4 is 18.9 Å². The number of hydrogen-bond acceptors (Lipinski definition) is 4. The van der Waals surface area contributed by atoms with Gasteiger partial charge in [0.2, 0.25) is 0 Å². The van der Waals surface area contributed by atoms with Crippen molar-refractivity contribution >= 4 is 23.8 Å². The van der Waals surface area contributed by atoms with E-state index in [2.05, 4.69) is 59.9 Å². The van der Waals surface area contributed by atoms with Crippen molar-refractivity contribution < 1.29 is 28.4 Å². The number of rotatable bonds is 7. The van der Waals surface area contributed by atoms with Crippen LogP contribution in [0.15, 0.2) is 41.3 Å². The molecule has 0 saturated heterocycles. The summed E-state index contributed by atoms with van der Waals surface area (Å²) in [5.41, 5.74) is 3.05. The molecule has 4 nitrogen and oxygen atoms in total. The van der Waals surface area contributed by atoms with E-state index in [1.54, 1.807) is 17.8 Å². The van der Waals surface area contributed by atoms with Crippen molar-refractivity contribution in [2.24, 2.45) is 5.92 Å². The topological polar surface area (TPSA) is 44.1 Å². The zero-order valence-corrected chi connectivity index (χ0v) is 20.4. The third-order valence-electron chi connectivity index (χ3n) is 5.29. The number of unbranched alkanes of at least 4 members (excludes halogenated alkanes) is 1. The van der Waals surface area contributed by atoms with Crippen LogP contribution in [0.4, 0.5) is 0 Å². The van der Waals surface area contributed by atoms with Gasteiger partial charge in [0.15, 0.2) is 0 Å². The molecule has 1 fully saturated rings. The van der Waals surface area contributed by atoms with Crippen molar-refractivity contribution in [3.63, 3.8) is 0 Å². The summed E-state index contributed by atoms with van der Waals surface area (Å²) in [7, 11) is 1.38. The molecule has 1 aromatic carbocycles. The first kappa shape index (κ1) is 27.6. The molecule has 0 amide bonds. The van der Waals surface area contributed by atoms with Gasteiger partial charge in [-0.2, -0.15) is 11.5 Å². The SMILES string of the molecule is COC(=O)/C=C/c1cc(-c2ccc(SC)cc2)n(CC2CCCCC2)n1.[CH2-]CCC.[Li+]. The van der Waals surface area contributed by atoms with E-state index in [-0.39, 0.29) is 24.8 Å². The summed E-state index contributed by atoms with van der Waals surface area (Å²) in [6.07, 6.45) is 14.0. The maximum absolute atomic E-state index is 11.4. The molecule has 1 heterocycles. The molecule has 1 aliphatic rings. The Morgan fingerprint density at radius 2 is 1.90 bits per heavy atom. The second-order valence-electron chi connectivity index (χ2n) is 7.58. The Balaban J connectivity index is 0.000000885. The van der Waals surface area contributed by atoms with Gasteiger partial charge in [-0.15, -0.1) is 11.8 Å². The van der Waals surface area contributed by atoms with E-state index in [9.17, 15) is 4.79 Å². The Labute approximate surface area is 204 Å². The first-order valence-corrected chi connectivity index (χ1v) is 12.1. The Bertz CT molecular complexity index is 794. The fourth-order valence-electron chi connectivity index (χ4n) is 3.49. The van der Waals surface area contributed by atoms with Gasteiger partial charge in [0, 0.05) is 17.5 Å². The number of thioether (sulfide) groups is 1. The monoisotopic (exact) mass is 434 g/mol. The van der Waals surface area contributed by atoms with E-state index in [1.807, 2.05) is 0 Å². The standard InChI is InChI=1S/C21H26N2O2S.C4H9.Li/c1-25-21(24)13-10-18-14-20(17-8-11-19(26-2)12-9-17)23(22-18)15-16-6-4-3-5-7-16;1-3-4-2;/h8-14,16H,3-7,15H2,1-2H3;1,3-4H2,2H3;/q;-1;+1/b13-10+;;. The van der Waals surface area contributed by atoms with Gasteiger partial charge in [-0.3, -0.25) is 4.68 Å².